The number of hydrogen-bond donors (Lipinski definition) is 0. The molecule has 13 rings (SSSR count). The highest BCUT2D eigenvalue weighted by atomic mass is 16.3. The van der Waals surface area contributed by atoms with E-state index in [-0.39, 0.29) is 55.4 Å². The summed E-state index contributed by atoms with van der Waals surface area (Å²) in [7, 11) is 0. The van der Waals surface area contributed by atoms with E-state index in [1.54, 1.807) is 0 Å². The molecule has 0 bridgehead atoms. The minimum absolute atomic E-state index is 0.000877. The van der Waals surface area contributed by atoms with Gasteiger partial charge in [-0.05, 0) is 228 Å². The summed E-state index contributed by atoms with van der Waals surface area (Å²) in [6, 6.07) is 37.6. The number of rotatable bonds is 3. The quantitative estimate of drug-likeness (QED) is 0.164. The average molecular weight is 1050 g/mol. The Labute approximate surface area is 476 Å². The molecular weight excluding hydrogens is 956 g/mol. The molecule has 79 heavy (non-hydrogen) atoms. The van der Waals surface area contributed by atoms with Gasteiger partial charge in [0.25, 0.3) is 6.71 Å². The molecule has 0 unspecified atom stereocenters. The fourth-order valence-corrected chi connectivity index (χ4v) is 16.1. The van der Waals surface area contributed by atoms with E-state index in [4.69, 9.17) is 4.42 Å². The van der Waals surface area contributed by atoms with Gasteiger partial charge in [-0.25, -0.2) is 0 Å². The van der Waals surface area contributed by atoms with Crippen molar-refractivity contribution in [1.29, 1.82) is 0 Å². The van der Waals surface area contributed by atoms with Gasteiger partial charge < -0.3 is 14.2 Å². The van der Waals surface area contributed by atoms with Crippen molar-refractivity contribution in [2.24, 2.45) is 0 Å². The number of benzene rings is 6. The zero-order valence-corrected chi connectivity index (χ0v) is 52.2. The maximum absolute atomic E-state index is 7.94. The third-order valence-electron chi connectivity index (χ3n) is 22.2. The van der Waals surface area contributed by atoms with E-state index in [0.29, 0.717) is 0 Å². The molecule has 4 aliphatic carbocycles. The van der Waals surface area contributed by atoms with E-state index >= 15 is 0 Å². The van der Waals surface area contributed by atoms with Gasteiger partial charge in [-0.2, -0.15) is 0 Å². The van der Waals surface area contributed by atoms with Crippen LogP contribution in [0.3, 0.4) is 0 Å². The molecule has 0 spiro atoms. The van der Waals surface area contributed by atoms with E-state index in [2.05, 4.69) is 239 Å². The van der Waals surface area contributed by atoms with E-state index in [9.17, 15) is 0 Å². The Balaban J connectivity index is 1.23. The molecule has 7 aromatic rings. The standard InChI is InChI=1S/C75H91BN2O/c1-44-34-49-53(72(13,14)30-26-68(49,5)6)40-58(44)78-62-36-46(67(2,3)4)35-61-64(62)76(66-65(78)48-38-51-56(43-63(48)79-66)75(19,20)33-28-70(51,9)10)57-39-52-55(74(17,18)32-29-71(52,11)12)42-60(57)77(61)59-41-54-50(69(7,8)27-31-73(54,15)16)37-47(59)45-24-22-21-23-25-45/h21-25,34-43H,26-33H2,1-20H3. The molecule has 3 nitrogen and oxygen atoms in total. The fraction of sp³-hybridized carbons (Fsp3) is 0.493. The van der Waals surface area contributed by atoms with Gasteiger partial charge in [0.15, 0.2) is 0 Å². The van der Waals surface area contributed by atoms with E-state index in [0.717, 1.165) is 56.2 Å². The second-order valence-electron chi connectivity index (χ2n) is 32.5. The van der Waals surface area contributed by atoms with Crippen LogP contribution >= 0.6 is 0 Å². The second kappa shape index (κ2) is 16.4. The number of anilines is 6. The summed E-state index contributed by atoms with van der Waals surface area (Å²) >= 11 is 0. The summed E-state index contributed by atoms with van der Waals surface area (Å²) in [5, 5.41) is 1.24. The largest absolute Gasteiger partial charge is 0.468 e. The highest BCUT2D eigenvalue weighted by Crippen LogP contribution is 2.58. The van der Waals surface area contributed by atoms with Crippen molar-refractivity contribution in [2.45, 2.75) is 239 Å². The molecule has 6 aliphatic rings. The van der Waals surface area contributed by atoms with Gasteiger partial charge in [0.1, 0.15) is 5.58 Å². The molecule has 0 fully saturated rings. The van der Waals surface area contributed by atoms with Crippen LogP contribution in [0.4, 0.5) is 34.1 Å². The number of fused-ring (bicyclic) bond motifs is 10. The Morgan fingerprint density at radius 1 is 0.418 bits per heavy atom. The molecule has 410 valence electrons. The maximum atomic E-state index is 7.94. The second-order valence-corrected chi connectivity index (χ2v) is 32.5. The lowest BCUT2D eigenvalue weighted by Crippen LogP contribution is -2.61. The zero-order valence-electron chi connectivity index (χ0n) is 52.2. The van der Waals surface area contributed by atoms with Crippen molar-refractivity contribution < 1.29 is 4.42 Å². The maximum Gasteiger partial charge on any atom is 0.297 e. The molecule has 0 amide bonds. The van der Waals surface area contributed by atoms with Gasteiger partial charge >= 0.3 is 0 Å². The van der Waals surface area contributed by atoms with Crippen molar-refractivity contribution in [1.82, 2.24) is 0 Å². The first-order valence-electron chi connectivity index (χ1n) is 30.6. The highest BCUT2D eigenvalue weighted by Gasteiger charge is 2.52. The Bertz CT molecular complexity index is 3750. The Morgan fingerprint density at radius 2 is 0.823 bits per heavy atom. The van der Waals surface area contributed by atoms with Crippen LogP contribution in [-0.4, -0.2) is 6.71 Å². The van der Waals surface area contributed by atoms with Crippen LogP contribution in [-0.2, 0) is 48.7 Å². The van der Waals surface area contributed by atoms with Gasteiger partial charge in [-0.3, -0.25) is 0 Å². The van der Waals surface area contributed by atoms with Crippen molar-refractivity contribution in [3.63, 3.8) is 0 Å². The van der Waals surface area contributed by atoms with Crippen molar-refractivity contribution in [3.05, 3.63) is 147 Å². The summed E-state index contributed by atoms with van der Waals surface area (Å²) in [5.41, 5.74) is 29.5. The van der Waals surface area contributed by atoms with Crippen LogP contribution in [0.5, 0.6) is 0 Å². The Kier molecular flexibility index (Phi) is 11.0. The summed E-state index contributed by atoms with van der Waals surface area (Å²) in [4.78, 5) is 5.54. The van der Waals surface area contributed by atoms with Crippen LogP contribution in [0, 0.1) is 6.92 Å². The van der Waals surface area contributed by atoms with Crippen LogP contribution in [0.1, 0.15) is 239 Å². The van der Waals surface area contributed by atoms with Gasteiger partial charge in [-0.1, -0.05) is 174 Å². The third-order valence-corrected chi connectivity index (χ3v) is 22.2. The molecule has 1 aromatic heterocycles. The molecule has 0 atom stereocenters. The summed E-state index contributed by atoms with van der Waals surface area (Å²) in [6.45, 7) is 49.3. The molecule has 4 heteroatoms. The van der Waals surface area contributed by atoms with Crippen molar-refractivity contribution >= 4 is 68.4 Å². The number of aryl methyl sites for hydroxylation is 1. The number of nitrogens with zero attached hydrogens (tertiary/aromatic N) is 2. The molecule has 0 radical (unpaired) electrons. The first-order valence-corrected chi connectivity index (χ1v) is 30.6. The number of furan rings is 1. The molecule has 3 heterocycles. The predicted octanol–water partition coefficient (Wildman–Crippen LogP) is 19.2. The summed E-state index contributed by atoms with van der Waals surface area (Å²) in [6.07, 6.45) is 9.26. The lowest BCUT2D eigenvalue weighted by molar-refractivity contribution is 0.332. The smallest absolute Gasteiger partial charge is 0.297 e. The SMILES string of the molecule is Cc1cc2c(cc1N1c3cc(C(C)(C)C)cc4c3B(c3cc5c(cc3N4c3cc4c(cc3-c3ccccc3)C(C)(C)CCC4(C)C)C(C)(C)CCC5(C)C)c3oc4cc5c(cc4c31)C(C)(C)CCC5(C)C)C(C)(C)CCC2(C)C. The number of hydrogen-bond acceptors (Lipinski definition) is 3. The van der Waals surface area contributed by atoms with Gasteiger partial charge in [-0.15, -0.1) is 0 Å². The van der Waals surface area contributed by atoms with Crippen LogP contribution in [0.2, 0.25) is 0 Å². The molecule has 0 N–H and O–H groups in total. The lowest BCUT2D eigenvalue weighted by atomic mass is 9.35. The first kappa shape index (κ1) is 52.9. The minimum Gasteiger partial charge on any atom is -0.468 e. The Hall–Kier alpha value is -5.48. The molecular formula is C75H91BN2O. The average Bonchev–Trinajstić information content (AvgIpc) is 2.25. The van der Waals surface area contributed by atoms with E-state index < -0.39 is 0 Å². The van der Waals surface area contributed by atoms with Gasteiger partial charge in [0, 0.05) is 33.7 Å². The van der Waals surface area contributed by atoms with Crippen molar-refractivity contribution in [2.75, 3.05) is 9.80 Å². The predicted molar refractivity (Wildman–Crippen MR) is 340 cm³/mol. The first-order chi connectivity index (χ1) is 36.6. The van der Waals surface area contributed by atoms with E-state index in [1.807, 2.05) is 0 Å². The zero-order chi connectivity index (χ0) is 56.5. The van der Waals surface area contributed by atoms with Gasteiger partial charge in [0.05, 0.1) is 17.0 Å². The molecule has 0 saturated heterocycles. The molecule has 2 aliphatic heterocycles. The van der Waals surface area contributed by atoms with Crippen molar-refractivity contribution in [3.8, 4) is 11.1 Å². The van der Waals surface area contributed by atoms with Crippen LogP contribution < -0.4 is 26.4 Å². The summed E-state index contributed by atoms with van der Waals surface area (Å²) < 4.78 is 7.94. The van der Waals surface area contributed by atoms with E-state index in [1.165, 1.54) is 124 Å². The molecule has 6 aromatic carbocycles. The van der Waals surface area contributed by atoms with Crippen LogP contribution in [0.15, 0.2) is 95.4 Å². The fourth-order valence-electron chi connectivity index (χ4n) is 16.1. The third kappa shape index (κ3) is 7.69. The topological polar surface area (TPSA) is 19.6 Å². The Morgan fingerprint density at radius 3 is 1.32 bits per heavy atom. The molecule has 0 saturated carbocycles. The normalized spacial score (nSPS) is 21.7. The van der Waals surface area contributed by atoms with Crippen LogP contribution in [0.25, 0.3) is 22.1 Å². The van der Waals surface area contributed by atoms with Gasteiger partial charge in [0.2, 0.25) is 0 Å². The lowest BCUT2D eigenvalue weighted by Gasteiger charge is -2.48. The monoisotopic (exact) mass is 1050 g/mol. The summed E-state index contributed by atoms with van der Waals surface area (Å²) in [5.74, 6) is 0. The minimum atomic E-state index is -0.172. The highest BCUT2D eigenvalue weighted by molar-refractivity contribution is 7.00.